The second kappa shape index (κ2) is 12.6. The van der Waals surface area contributed by atoms with Crippen LogP contribution in [0.15, 0.2) is 53.0 Å². The first-order valence-corrected chi connectivity index (χ1v) is 13.7. The Morgan fingerprint density at radius 1 is 1.20 bits per heavy atom. The fraction of sp³-hybridized carbons (Fsp3) is 0.414. The van der Waals surface area contributed by atoms with Crippen molar-refractivity contribution in [1.82, 2.24) is 20.2 Å². The molecule has 1 aromatic carbocycles. The van der Waals surface area contributed by atoms with E-state index in [1.807, 2.05) is 26.0 Å². The number of carbonyl (C=O) groups excluding carboxylic acids is 2. The third-order valence-electron chi connectivity index (χ3n) is 7.05. The number of nitrogens with zero attached hydrogens (tertiary/aromatic N) is 2. The number of carbonyl (C=O) groups is 2. The Morgan fingerprint density at radius 2 is 1.95 bits per heavy atom. The van der Waals surface area contributed by atoms with Crippen LogP contribution in [0.5, 0.6) is 0 Å². The summed E-state index contributed by atoms with van der Waals surface area (Å²) in [6, 6.07) is 5.04. The van der Waals surface area contributed by atoms with Gasteiger partial charge in [-0.1, -0.05) is 31.1 Å². The monoisotopic (exact) mass is 546 g/mol. The number of anilines is 2. The van der Waals surface area contributed by atoms with Crippen molar-refractivity contribution in [2.24, 2.45) is 11.7 Å². The van der Waals surface area contributed by atoms with Gasteiger partial charge in [0.1, 0.15) is 12.4 Å². The van der Waals surface area contributed by atoms with Gasteiger partial charge >= 0.3 is 0 Å². The number of aromatic nitrogens is 2. The summed E-state index contributed by atoms with van der Waals surface area (Å²) >= 11 is 0. The number of amidine groups is 1. The normalized spacial score (nSPS) is 17.0. The quantitative estimate of drug-likeness (QED) is 0.150. The summed E-state index contributed by atoms with van der Waals surface area (Å²) in [5, 5.41) is 16.5. The number of allylic oxidation sites excluding steroid dienone is 1. The van der Waals surface area contributed by atoms with Gasteiger partial charge in [0.25, 0.3) is 11.5 Å². The molecule has 0 aliphatic heterocycles. The predicted molar refractivity (Wildman–Crippen MR) is 157 cm³/mol. The van der Waals surface area contributed by atoms with Gasteiger partial charge in [0.2, 0.25) is 5.91 Å². The number of nitrogens with two attached hydrogens (primary N) is 2. The van der Waals surface area contributed by atoms with Crippen molar-refractivity contribution < 1.29 is 9.59 Å². The number of nitrogen functional groups attached to an aromatic ring is 1. The van der Waals surface area contributed by atoms with Crippen LogP contribution in [0.1, 0.15) is 56.3 Å². The van der Waals surface area contributed by atoms with Crippen molar-refractivity contribution >= 4 is 29.2 Å². The molecule has 11 nitrogen and oxygen atoms in total. The van der Waals surface area contributed by atoms with Gasteiger partial charge in [-0.3, -0.25) is 24.4 Å². The Balaban J connectivity index is 1.58. The van der Waals surface area contributed by atoms with Crippen molar-refractivity contribution in [1.29, 1.82) is 5.41 Å². The summed E-state index contributed by atoms with van der Waals surface area (Å²) in [6.07, 6.45) is 11.8. The topological polar surface area (TPSA) is 181 Å². The highest BCUT2D eigenvalue weighted by molar-refractivity contribution is 5.97. The molecule has 0 radical (unpaired) electrons. The molecular weight excluding hydrogens is 508 g/mol. The average molecular weight is 547 g/mol. The Labute approximate surface area is 233 Å². The number of rotatable bonds is 10. The summed E-state index contributed by atoms with van der Waals surface area (Å²) in [5.74, 6) is -0.376. The van der Waals surface area contributed by atoms with Gasteiger partial charge in [-0.15, -0.1) is 0 Å². The van der Waals surface area contributed by atoms with E-state index in [-0.39, 0.29) is 48.0 Å². The molecule has 1 saturated carbocycles. The molecule has 2 aromatic rings. The van der Waals surface area contributed by atoms with E-state index in [0.717, 1.165) is 25.7 Å². The number of benzene rings is 1. The van der Waals surface area contributed by atoms with Crippen LogP contribution in [0.2, 0.25) is 0 Å². The summed E-state index contributed by atoms with van der Waals surface area (Å²) in [4.78, 5) is 43.8. The lowest BCUT2D eigenvalue weighted by molar-refractivity contribution is -0.121. The summed E-state index contributed by atoms with van der Waals surface area (Å²) < 4.78 is 1.35. The smallest absolute Gasteiger partial charge is 0.294 e. The van der Waals surface area contributed by atoms with Crippen LogP contribution in [0.25, 0.3) is 11.3 Å². The van der Waals surface area contributed by atoms with E-state index < -0.39 is 5.56 Å². The number of amides is 2. The Hall–Kier alpha value is -4.41. The Morgan fingerprint density at radius 3 is 2.60 bits per heavy atom. The van der Waals surface area contributed by atoms with Gasteiger partial charge in [-0.05, 0) is 57.2 Å². The number of nitrogens with one attached hydrogen (secondary N) is 4. The maximum Gasteiger partial charge on any atom is 0.294 e. The molecule has 1 unspecified atom stereocenters. The molecule has 0 saturated heterocycles. The van der Waals surface area contributed by atoms with Crippen molar-refractivity contribution in [2.45, 2.75) is 64.6 Å². The zero-order valence-corrected chi connectivity index (χ0v) is 23.0. The first-order valence-electron chi connectivity index (χ1n) is 13.7. The van der Waals surface area contributed by atoms with Crippen LogP contribution >= 0.6 is 0 Å². The van der Waals surface area contributed by atoms with E-state index in [9.17, 15) is 14.4 Å². The molecule has 11 heteroatoms. The van der Waals surface area contributed by atoms with E-state index >= 15 is 0 Å². The fourth-order valence-corrected chi connectivity index (χ4v) is 4.98. The molecule has 4 rings (SSSR count). The molecule has 1 aromatic heterocycles. The molecular formula is C29H38N8O3. The van der Waals surface area contributed by atoms with Crippen LogP contribution in [-0.4, -0.2) is 45.8 Å². The fourth-order valence-electron chi connectivity index (χ4n) is 4.98. The van der Waals surface area contributed by atoms with Crippen molar-refractivity contribution in [3.8, 4) is 11.3 Å². The van der Waals surface area contributed by atoms with Crippen molar-refractivity contribution in [3.63, 3.8) is 0 Å². The number of hydrogen-bond donors (Lipinski definition) is 6. The summed E-state index contributed by atoms with van der Waals surface area (Å²) in [5.41, 5.74) is 13.6. The highest BCUT2D eigenvalue weighted by atomic mass is 16.2. The van der Waals surface area contributed by atoms with Crippen LogP contribution in [0.3, 0.4) is 0 Å². The third-order valence-corrected chi connectivity index (χ3v) is 7.05. The van der Waals surface area contributed by atoms with Gasteiger partial charge < -0.3 is 27.4 Å². The molecule has 0 bridgehead atoms. The SMILES string of the molecule is CC(C)Nc1ncc(-c2cc(N)cc(C(=O)NC3CCCC3)c2)n(CC(=O)NCC2C=CC(C(=N)N)=CC2)c1=O. The highest BCUT2D eigenvalue weighted by Gasteiger charge is 2.21. The Bertz CT molecular complexity index is 1400. The van der Waals surface area contributed by atoms with Gasteiger partial charge in [0.05, 0.1) is 11.9 Å². The molecule has 2 amide bonds. The Kier molecular flexibility index (Phi) is 9.03. The lowest BCUT2D eigenvalue weighted by atomic mass is 9.96. The molecule has 2 aliphatic rings. The van der Waals surface area contributed by atoms with Gasteiger partial charge in [-0.25, -0.2) is 4.98 Å². The molecule has 212 valence electrons. The van der Waals surface area contributed by atoms with Gasteiger partial charge in [0.15, 0.2) is 5.82 Å². The minimum atomic E-state index is -0.452. The van der Waals surface area contributed by atoms with E-state index in [2.05, 4.69) is 20.9 Å². The van der Waals surface area contributed by atoms with Crippen molar-refractivity contribution in [2.75, 3.05) is 17.6 Å². The molecule has 2 aliphatic carbocycles. The lowest BCUT2D eigenvalue weighted by Gasteiger charge is -2.19. The zero-order valence-electron chi connectivity index (χ0n) is 23.0. The second-order valence-electron chi connectivity index (χ2n) is 10.7. The largest absolute Gasteiger partial charge is 0.399 e. The van der Waals surface area contributed by atoms with E-state index in [0.29, 0.717) is 41.0 Å². The predicted octanol–water partition coefficient (Wildman–Crippen LogP) is 2.54. The first kappa shape index (κ1) is 28.6. The van der Waals surface area contributed by atoms with Crippen LogP contribution in [0, 0.1) is 11.3 Å². The molecule has 40 heavy (non-hydrogen) atoms. The van der Waals surface area contributed by atoms with Crippen LogP contribution in [-0.2, 0) is 11.3 Å². The molecule has 8 N–H and O–H groups in total. The number of hydrogen-bond acceptors (Lipinski definition) is 7. The molecule has 1 atom stereocenters. The van der Waals surface area contributed by atoms with Gasteiger partial charge in [0, 0.05) is 41.0 Å². The van der Waals surface area contributed by atoms with Crippen LogP contribution < -0.4 is 33.0 Å². The van der Waals surface area contributed by atoms with E-state index in [1.165, 1.54) is 10.8 Å². The molecule has 1 heterocycles. The van der Waals surface area contributed by atoms with E-state index in [1.54, 1.807) is 24.3 Å². The van der Waals surface area contributed by atoms with Crippen molar-refractivity contribution in [3.05, 3.63) is 64.1 Å². The second-order valence-corrected chi connectivity index (χ2v) is 10.7. The summed E-state index contributed by atoms with van der Waals surface area (Å²) in [7, 11) is 0. The standard InChI is InChI=1S/C29H38N8O3/c1-17(2)35-27-29(40)37(16-25(38)33-14-18-7-9-19(10-8-18)26(31)32)24(15-34-27)20-11-21(13-22(30)12-20)28(39)36-23-5-3-4-6-23/h7,9-13,15,17-18,23H,3-6,8,14,16,30H2,1-2H3,(H3,31,32)(H,33,38)(H,34,35)(H,36,39). The molecule has 0 spiro atoms. The van der Waals surface area contributed by atoms with Gasteiger partial charge in [-0.2, -0.15) is 0 Å². The summed E-state index contributed by atoms with van der Waals surface area (Å²) in [6.45, 7) is 3.91. The average Bonchev–Trinajstić information content (AvgIpc) is 3.42. The van der Waals surface area contributed by atoms with E-state index in [4.69, 9.17) is 16.9 Å². The van der Waals surface area contributed by atoms with Crippen LogP contribution in [0.4, 0.5) is 11.5 Å². The highest BCUT2D eigenvalue weighted by Crippen LogP contribution is 2.25. The maximum atomic E-state index is 13.5. The first-order chi connectivity index (χ1) is 19.1. The zero-order chi connectivity index (χ0) is 28.8. The molecule has 1 fully saturated rings. The minimum Gasteiger partial charge on any atom is -0.399 e. The third kappa shape index (κ3) is 7.16. The minimum absolute atomic E-state index is 0.00913. The maximum absolute atomic E-state index is 13.5. The lowest BCUT2D eigenvalue weighted by Crippen LogP contribution is -2.37.